The maximum Gasteiger partial charge on any atom is 0.00697 e. The van der Waals surface area contributed by atoms with Gasteiger partial charge >= 0.3 is 0 Å². The van der Waals surface area contributed by atoms with E-state index in [2.05, 4.69) is 13.8 Å². The van der Waals surface area contributed by atoms with E-state index in [1.807, 2.05) is 0 Å². The maximum atomic E-state index is 6.11. The third-order valence-corrected chi connectivity index (χ3v) is 3.37. The summed E-state index contributed by atoms with van der Waals surface area (Å²) in [5, 5.41) is 0. The second-order valence-electron chi connectivity index (χ2n) is 4.38. The van der Waals surface area contributed by atoms with Crippen molar-refractivity contribution in [3.05, 3.63) is 0 Å². The Hall–Kier alpha value is -0.0400. The molecular weight excluding hydrogens is 146 g/mol. The summed E-state index contributed by atoms with van der Waals surface area (Å²) in [7, 11) is 0. The van der Waals surface area contributed by atoms with Gasteiger partial charge < -0.3 is 5.73 Å². The summed E-state index contributed by atoms with van der Waals surface area (Å²) in [6, 6.07) is 0.500. The summed E-state index contributed by atoms with van der Waals surface area (Å²) in [5.74, 6) is 1.69. The van der Waals surface area contributed by atoms with Gasteiger partial charge in [-0.25, -0.2) is 0 Å². The number of hydrogen-bond acceptors (Lipinski definition) is 1. The van der Waals surface area contributed by atoms with Crippen molar-refractivity contribution in [2.75, 3.05) is 0 Å². The van der Waals surface area contributed by atoms with Gasteiger partial charge in [-0.15, -0.1) is 0 Å². The average molecular weight is 169 g/mol. The first kappa shape index (κ1) is 10.0. The molecule has 2 N–H and O–H groups in total. The fourth-order valence-corrected chi connectivity index (χ4v) is 2.46. The van der Waals surface area contributed by atoms with Gasteiger partial charge in [-0.1, -0.05) is 39.5 Å². The van der Waals surface area contributed by atoms with Gasteiger partial charge in [0.25, 0.3) is 0 Å². The standard InChI is InChI=1S/C11H23N/c1-3-4-7-10-9(2)6-5-8-11(10)12/h9-11H,3-8,12H2,1-2H3. The molecule has 1 saturated carbocycles. The fourth-order valence-electron chi connectivity index (χ4n) is 2.46. The molecule has 0 heterocycles. The number of hydrogen-bond donors (Lipinski definition) is 1. The van der Waals surface area contributed by atoms with E-state index in [1.165, 1.54) is 38.5 Å². The van der Waals surface area contributed by atoms with E-state index in [9.17, 15) is 0 Å². The van der Waals surface area contributed by atoms with Gasteiger partial charge in [0.05, 0.1) is 0 Å². The highest BCUT2D eigenvalue weighted by Crippen LogP contribution is 2.32. The molecule has 1 aliphatic rings. The lowest BCUT2D eigenvalue weighted by Crippen LogP contribution is -2.37. The van der Waals surface area contributed by atoms with Gasteiger partial charge in [0.15, 0.2) is 0 Å². The lowest BCUT2D eigenvalue weighted by Gasteiger charge is -2.34. The van der Waals surface area contributed by atoms with Crippen LogP contribution in [0.3, 0.4) is 0 Å². The predicted molar refractivity (Wildman–Crippen MR) is 54.0 cm³/mol. The Labute approximate surface area is 76.7 Å². The Kier molecular flexibility index (Phi) is 4.07. The van der Waals surface area contributed by atoms with Gasteiger partial charge in [0.2, 0.25) is 0 Å². The first-order valence-corrected chi connectivity index (χ1v) is 5.51. The molecule has 3 unspecified atom stereocenters. The zero-order chi connectivity index (χ0) is 8.97. The van der Waals surface area contributed by atoms with Crippen LogP contribution < -0.4 is 5.73 Å². The highest BCUT2D eigenvalue weighted by molar-refractivity contribution is 4.82. The van der Waals surface area contributed by atoms with E-state index in [-0.39, 0.29) is 0 Å². The molecular formula is C11H23N. The Morgan fingerprint density at radius 1 is 1.33 bits per heavy atom. The monoisotopic (exact) mass is 169 g/mol. The highest BCUT2D eigenvalue weighted by atomic mass is 14.7. The molecule has 0 aromatic heterocycles. The van der Waals surface area contributed by atoms with Crippen LogP contribution in [0.2, 0.25) is 0 Å². The number of rotatable bonds is 3. The van der Waals surface area contributed by atoms with Crippen molar-refractivity contribution >= 4 is 0 Å². The van der Waals surface area contributed by atoms with Gasteiger partial charge in [0, 0.05) is 6.04 Å². The second kappa shape index (κ2) is 4.86. The van der Waals surface area contributed by atoms with Crippen LogP contribution in [0.15, 0.2) is 0 Å². The summed E-state index contributed by atoms with van der Waals surface area (Å²) >= 11 is 0. The third kappa shape index (κ3) is 2.48. The summed E-state index contributed by atoms with van der Waals surface area (Å²) in [6.07, 6.45) is 8.06. The fraction of sp³-hybridized carbons (Fsp3) is 1.00. The van der Waals surface area contributed by atoms with Crippen molar-refractivity contribution in [1.82, 2.24) is 0 Å². The van der Waals surface area contributed by atoms with Crippen LogP contribution in [0.25, 0.3) is 0 Å². The number of unbranched alkanes of at least 4 members (excludes halogenated alkanes) is 1. The molecule has 1 aliphatic carbocycles. The molecule has 1 heteroatoms. The van der Waals surface area contributed by atoms with Crippen molar-refractivity contribution in [2.24, 2.45) is 17.6 Å². The van der Waals surface area contributed by atoms with Gasteiger partial charge in [-0.3, -0.25) is 0 Å². The van der Waals surface area contributed by atoms with Crippen LogP contribution in [0.1, 0.15) is 52.4 Å². The van der Waals surface area contributed by atoms with Crippen LogP contribution in [0.4, 0.5) is 0 Å². The topological polar surface area (TPSA) is 26.0 Å². The molecule has 0 spiro atoms. The van der Waals surface area contributed by atoms with Gasteiger partial charge in [-0.2, -0.15) is 0 Å². The molecule has 0 aromatic carbocycles. The summed E-state index contributed by atoms with van der Waals surface area (Å²) in [4.78, 5) is 0. The van der Waals surface area contributed by atoms with Crippen LogP contribution in [-0.2, 0) is 0 Å². The number of nitrogens with two attached hydrogens (primary N) is 1. The van der Waals surface area contributed by atoms with E-state index in [4.69, 9.17) is 5.73 Å². The molecule has 0 aromatic rings. The molecule has 0 aliphatic heterocycles. The molecule has 72 valence electrons. The summed E-state index contributed by atoms with van der Waals surface area (Å²) < 4.78 is 0. The minimum absolute atomic E-state index is 0.500. The van der Waals surface area contributed by atoms with E-state index >= 15 is 0 Å². The van der Waals surface area contributed by atoms with Crippen LogP contribution in [0.5, 0.6) is 0 Å². The Morgan fingerprint density at radius 3 is 2.67 bits per heavy atom. The molecule has 12 heavy (non-hydrogen) atoms. The van der Waals surface area contributed by atoms with E-state index in [1.54, 1.807) is 0 Å². The first-order valence-electron chi connectivity index (χ1n) is 5.51. The van der Waals surface area contributed by atoms with Gasteiger partial charge in [-0.05, 0) is 24.7 Å². The lowest BCUT2D eigenvalue weighted by atomic mass is 9.75. The summed E-state index contributed by atoms with van der Waals surface area (Å²) in [5.41, 5.74) is 6.11. The van der Waals surface area contributed by atoms with Crippen molar-refractivity contribution in [3.8, 4) is 0 Å². The smallest absolute Gasteiger partial charge is 0.00697 e. The second-order valence-corrected chi connectivity index (χ2v) is 4.38. The molecule has 0 saturated heterocycles. The molecule has 0 amide bonds. The predicted octanol–water partition coefficient (Wildman–Crippen LogP) is 2.94. The van der Waals surface area contributed by atoms with Crippen molar-refractivity contribution < 1.29 is 0 Å². The highest BCUT2D eigenvalue weighted by Gasteiger charge is 2.26. The minimum Gasteiger partial charge on any atom is -0.327 e. The molecule has 1 fully saturated rings. The summed E-state index contributed by atoms with van der Waals surface area (Å²) in [6.45, 7) is 4.64. The first-order chi connectivity index (χ1) is 5.75. The van der Waals surface area contributed by atoms with Crippen molar-refractivity contribution in [1.29, 1.82) is 0 Å². The van der Waals surface area contributed by atoms with Crippen LogP contribution in [0, 0.1) is 11.8 Å². The van der Waals surface area contributed by atoms with Crippen molar-refractivity contribution in [2.45, 2.75) is 58.4 Å². The molecule has 0 radical (unpaired) electrons. The third-order valence-electron chi connectivity index (χ3n) is 3.37. The zero-order valence-corrected chi connectivity index (χ0v) is 8.55. The maximum absolute atomic E-state index is 6.11. The van der Waals surface area contributed by atoms with E-state index < -0.39 is 0 Å². The lowest BCUT2D eigenvalue weighted by molar-refractivity contribution is 0.204. The molecule has 3 atom stereocenters. The van der Waals surface area contributed by atoms with E-state index in [0.717, 1.165) is 11.8 Å². The molecule has 1 rings (SSSR count). The largest absolute Gasteiger partial charge is 0.327 e. The minimum atomic E-state index is 0.500. The average Bonchev–Trinajstić information content (AvgIpc) is 2.04. The quantitative estimate of drug-likeness (QED) is 0.690. The van der Waals surface area contributed by atoms with Crippen LogP contribution in [-0.4, -0.2) is 6.04 Å². The Balaban J connectivity index is 2.34. The van der Waals surface area contributed by atoms with Crippen LogP contribution >= 0.6 is 0 Å². The SMILES string of the molecule is CCCCC1C(C)CCCC1N. The molecule has 1 nitrogen and oxygen atoms in total. The normalized spacial score (nSPS) is 36.8. The van der Waals surface area contributed by atoms with Gasteiger partial charge in [0.1, 0.15) is 0 Å². The Morgan fingerprint density at radius 2 is 2.08 bits per heavy atom. The Bertz CT molecular complexity index is 112. The zero-order valence-electron chi connectivity index (χ0n) is 8.55. The molecule has 0 bridgehead atoms. The van der Waals surface area contributed by atoms with E-state index in [0.29, 0.717) is 6.04 Å². The van der Waals surface area contributed by atoms with Crippen molar-refractivity contribution in [3.63, 3.8) is 0 Å².